The molecule has 0 radical (unpaired) electrons. The Kier molecular flexibility index (Phi) is 2.92. The van der Waals surface area contributed by atoms with Crippen LogP contribution in [0, 0.1) is 0 Å². The molecule has 1 aromatic rings. The van der Waals surface area contributed by atoms with E-state index in [0.29, 0.717) is 0 Å². The molecule has 6 heteroatoms. The summed E-state index contributed by atoms with van der Waals surface area (Å²) in [4.78, 5) is 3.58. The number of nitrogens with zero attached hydrogens (tertiary/aromatic N) is 1. The molecule has 0 aromatic carbocycles. The van der Waals surface area contributed by atoms with Crippen molar-refractivity contribution in [2.45, 2.75) is 12.3 Å². The number of hydrogen-bond donors (Lipinski definition) is 1. The molecule has 1 atom stereocenters. The number of alkyl halides is 3. The van der Waals surface area contributed by atoms with Crippen molar-refractivity contribution in [1.29, 1.82) is 0 Å². The van der Waals surface area contributed by atoms with E-state index < -0.39 is 12.3 Å². The fourth-order valence-electron chi connectivity index (χ4n) is 0.784. The first-order valence-corrected chi connectivity index (χ1v) is 4.06. The van der Waals surface area contributed by atoms with Crippen LogP contribution in [0.2, 0.25) is 0 Å². The van der Waals surface area contributed by atoms with E-state index in [1.807, 2.05) is 0 Å². The van der Waals surface area contributed by atoms with Crippen molar-refractivity contribution < 1.29 is 18.3 Å². The van der Waals surface area contributed by atoms with E-state index in [4.69, 9.17) is 5.11 Å². The average molecular weight is 256 g/mol. The summed E-state index contributed by atoms with van der Waals surface area (Å²) in [5, 5.41) is 8.86. The molecule has 0 saturated heterocycles. The maximum absolute atomic E-state index is 12.0. The highest BCUT2D eigenvalue weighted by Gasteiger charge is 2.40. The highest BCUT2D eigenvalue weighted by Crippen LogP contribution is 2.35. The zero-order chi connectivity index (χ0) is 10.1. The fourth-order valence-corrected chi connectivity index (χ4v) is 1.25. The molecule has 1 aromatic heterocycles. The summed E-state index contributed by atoms with van der Waals surface area (Å²) in [5.74, 6) is 0. The standard InChI is InChI=1S/C7H5BrF3NO/c8-5-3-12-2-1-4(5)6(13)7(9,10)11/h1-3,6,13H. The van der Waals surface area contributed by atoms with Crippen LogP contribution in [0.5, 0.6) is 0 Å². The minimum Gasteiger partial charge on any atom is -0.379 e. The molecule has 1 N–H and O–H groups in total. The Morgan fingerprint density at radius 3 is 2.54 bits per heavy atom. The number of aliphatic hydroxyl groups excluding tert-OH is 1. The first kappa shape index (κ1) is 10.5. The summed E-state index contributed by atoms with van der Waals surface area (Å²) < 4.78 is 36.2. The zero-order valence-corrected chi connectivity index (χ0v) is 7.80. The second-order valence-electron chi connectivity index (χ2n) is 2.34. The molecular formula is C7H5BrF3NO. The molecule has 0 spiro atoms. The van der Waals surface area contributed by atoms with Crippen molar-refractivity contribution in [3.8, 4) is 0 Å². The largest absolute Gasteiger partial charge is 0.418 e. The van der Waals surface area contributed by atoms with Gasteiger partial charge < -0.3 is 5.11 Å². The van der Waals surface area contributed by atoms with E-state index in [2.05, 4.69) is 20.9 Å². The first-order valence-electron chi connectivity index (χ1n) is 3.27. The molecule has 1 rings (SSSR count). The molecule has 72 valence electrons. The molecule has 13 heavy (non-hydrogen) atoms. The highest BCUT2D eigenvalue weighted by molar-refractivity contribution is 9.10. The summed E-state index contributed by atoms with van der Waals surface area (Å²) in [6, 6.07) is 1.11. The topological polar surface area (TPSA) is 33.1 Å². The van der Waals surface area contributed by atoms with Crippen molar-refractivity contribution in [3.63, 3.8) is 0 Å². The summed E-state index contributed by atoms with van der Waals surface area (Å²) >= 11 is 2.87. The van der Waals surface area contributed by atoms with Crippen molar-refractivity contribution in [3.05, 3.63) is 28.5 Å². The van der Waals surface area contributed by atoms with Gasteiger partial charge in [-0.1, -0.05) is 0 Å². The monoisotopic (exact) mass is 255 g/mol. The molecule has 0 aliphatic carbocycles. The van der Waals surface area contributed by atoms with Gasteiger partial charge in [0, 0.05) is 22.4 Å². The lowest BCUT2D eigenvalue weighted by Gasteiger charge is -2.15. The highest BCUT2D eigenvalue weighted by atomic mass is 79.9. The minimum absolute atomic E-state index is 0.139. The van der Waals surface area contributed by atoms with Crippen LogP contribution in [-0.4, -0.2) is 16.3 Å². The fraction of sp³-hybridized carbons (Fsp3) is 0.286. The van der Waals surface area contributed by atoms with Gasteiger partial charge in [-0.05, 0) is 22.0 Å². The lowest BCUT2D eigenvalue weighted by atomic mass is 10.1. The Balaban J connectivity index is 3.02. The number of aromatic nitrogens is 1. The molecular weight excluding hydrogens is 251 g/mol. The number of hydrogen-bond acceptors (Lipinski definition) is 2. The predicted molar refractivity (Wildman–Crippen MR) is 43.0 cm³/mol. The van der Waals surface area contributed by atoms with Gasteiger partial charge in [-0.2, -0.15) is 13.2 Å². The van der Waals surface area contributed by atoms with Gasteiger partial charge >= 0.3 is 6.18 Å². The molecule has 0 aliphatic heterocycles. The van der Waals surface area contributed by atoms with Gasteiger partial charge in [-0.15, -0.1) is 0 Å². The van der Waals surface area contributed by atoms with Gasteiger partial charge in [0.25, 0.3) is 0 Å². The summed E-state index contributed by atoms with van der Waals surface area (Å²) in [5.41, 5.74) is -0.234. The van der Waals surface area contributed by atoms with Crippen LogP contribution in [0.3, 0.4) is 0 Å². The van der Waals surface area contributed by atoms with Crippen molar-refractivity contribution >= 4 is 15.9 Å². The van der Waals surface area contributed by atoms with Gasteiger partial charge in [0.15, 0.2) is 6.10 Å². The predicted octanol–water partition coefficient (Wildman–Crippen LogP) is 2.44. The lowest BCUT2D eigenvalue weighted by Crippen LogP contribution is -2.20. The van der Waals surface area contributed by atoms with Crippen LogP contribution in [0.4, 0.5) is 13.2 Å². The second kappa shape index (κ2) is 3.63. The van der Waals surface area contributed by atoms with Crippen LogP contribution in [0.1, 0.15) is 11.7 Å². The van der Waals surface area contributed by atoms with E-state index in [1.54, 1.807) is 0 Å². The van der Waals surface area contributed by atoms with Crippen LogP contribution < -0.4 is 0 Å². The van der Waals surface area contributed by atoms with Crippen LogP contribution in [-0.2, 0) is 0 Å². The maximum atomic E-state index is 12.0. The molecule has 0 amide bonds. The smallest absolute Gasteiger partial charge is 0.379 e. The second-order valence-corrected chi connectivity index (χ2v) is 3.20. The zero-order valence-electron chi connectivity index (χ0n) is 6.22. The van der Waals surface area contributed by atoms with Crippen LogP contribution in [0.15, 0.2) is 22.9 Å². The molecule has 0 fully saturated rings. The Labute approximate surface area is 80.5 Å². The normalized spacial score (nSPS) is 14.2. The minimum atomic E-state index is -4.65. The molecule has 1 unspecified atom stereocenters. The Morgan fingerprint density at radius 2 is 2.08 bits per heavy atom. The van der Waals surface area contributed by atoms with Gasteiger partial charge in [0.1, 0.15) is 0 Å². The third kappa shape index (κ3) is 2.41. The Hall–Kier alpha value is -0.620. The number of rotatable bonds is 1. The summed E-state index contributed by atoms with van der Waals surface area (Å²) in [6.45, 7) is 0. The average Bonchev–Trinajstić information content (AvgIpc) is 2.02. The SMILES string of the molecule is OC(c1ccncc1Br)C(F)(F)F. The Bertz CT molecular complexity index is 302. The Morgan fingerprint density at radius 1 is 1.46 bits per heavy atom. The van der Waals surface area contributed by atoms with Gasteiger partial charge in [0.05, 0.1) is 0 Å². The third-order valence-electron chi connectivity index (χ3n) is 1.41. The number of pyridine rings is 1. The first-order chi connectivity index (χ1) is 5.93. The quantitative estimate of drug-likeness (QED) is 0.837. The van der Waals surface area contributed by atoms with Gasteiger partial charge in [0.2, 0.25) is 0 Å². The van der Waals surface area contributed by atoms with Crippen LogP contribution >= 0.6 is 15.9 Å². The van der Waals surface area contributed by atoms with Crippen molar-refractivity contribution in [2.24, 2.45) is 0 Å². The van der Waals surface area contributed by atoms with E-state index >= 15 is 0 Å². The summed E-state index contributed by atoms with van der Waals surface area (Å²) in [7, 11) is 0. The molecule has 1 heterocycles. The molecule has 0 saturated carbocycles. The number of aliphatic hydroxyl groups is 1. The molecule has 2 nitrogen and oxygen atoms in total. The lowest BCUT2D eigenvalue weighted by molar-refractivity contribution is -0.207. The number of halogens is 4. The third-order valence-corrected chi connectivity index (χ3v) is 2.07. The maximum Gasteiger partial charge on any atom is 0.418 e. The van der Waals surface area contributed by atoms with Gasteiger partial charge in [-0.25, -0.2) is 0 Å². The van der Waals surface area contributed by atoms with E-state index in [9.17, 15) is 13.2 Å². The molecule has 0 aliphatic rings. The van der Waals surface area contributed by atoms with E-state index in [-0.39, 0.29) is 10.0 Å². The summed E-state index contributed by atoms with van der Waals surface area (Å²) in [6.07, 6.45) is -4.73. The van der Waals surface area contributed by atoms with E-state index in [1.165, 1.54) is 12.4 Å². The van der Waals surface area contributed by atoms with Crippen molar-refractivity contribution in [1.82, 2.24) is 4.98 Å². The van der Waals surface area contributed by atoms with Crippen LogP contribution in [0.25, 0.3) is 0 Å². The van der Waals surface area contributed by atoms with E-state index in [0.717, 1.165) is 6.07 Å². The molecule has 0 bridgehead atoms. The van der Waals surface area contributed by atoms with Gasteiger partial charge in [-0.3, -0.25) is 4.98 Å². The van der Waals surface area contributed by atoms with Crippen molar-refractivity contribution in [2.75, 3.05) is 0 Å².